The Bertz CT molecular complexity index is 398. The smallest absolute Gasteiger partial charge is 0.0713 e. The molecule has 0 aromatic heterocycles. The number of benzene rings is 1. The van der Waals surface area contributed by atoms with E-state index >= 15 is 0 Å². The van der Waals surface area contributed by atoms with Gasteiger partial charge in [0.05, 0.1) is 6.61 Å². The molecule has 20 heavy (non-hydrogen) atoms. The molecule has 1 fully saturated rings. The van der Waals surface area contributed by atoms with Crippen LogP contribution in [0.5, 0.6) is 0 Å². The lowest BCUT2D eigenvalue weighted by atomic mass is 10.0. The molecule has 0 radical (unpaired) electrons. The van der Waals surface area contributed by atoms with E-state index in [-0.39, 0.29) is 0 Å². The fourth-order valence-corrected chi connectivity index (χ4v) is 2.88. The van der Waals surface area contributed by atoms with Crippen molar-refractivity contribution in [1.29, 1.82) is 0 Å². The predicted molar refractivity (Wildman–Crippen MR) is 83.7 cm³/mol. The third-order valence-electron chi connectivity index (χ3n) is 4.16. The fourth-order valence-electron chi connectivity index (χ4n) is 2.88. The molecule has 0 amide bonds. The summed E-state index contributed by atoms with van der Waals surface area (Å²) in [6.07, 6.45) is 2.52. The summed E-state index contributed by atoms with van der Waals surface area (Å²) in [5, 5.41) is 3.70. The maximum atomic E-state index is 5.19. The van der Waals surface area contributed by atoms with Crippen LogP contribution in [0.2, 0.25) is 0 Å². The summed E-state index contributed by atoms with van der Waals surface area (Å²) in [5.41, 5.74) is 2.60. The average molecular weight is 276 g/mol. The molecule has 0 spiro atoms. The van der Waals surface area contributed by atoms with Crippen molar-refractivity contribution in [3.63, 3.8) is 0 Å². The number of likely N-dealkylation sites (tertiary alicyclic amines) is 1. The molecule has 3 nitrogen and oxygen atoms in total. The number of nitrogens with one attached hydrogen (secondary N) is 1. The minimum absolute atomic E-state index is 0.663. The van der Waals surface area contributed by atoms with Gasteiger partial charge in [0.2, 0.25) is 0 Å². The van der Waals surface area contributed by atoms with Crippen molar-refractivity contribution >= 4 is 0 Å². The highest BCUT2D eigenvalue weighted by Gasteiger charge is 2.20. The highest BCUT2D eigenvalue weighted by Crippen LogP contribution is 2.14. The zero-order valence-corrected chi connectivity index (χ0v) is 13.1. The van der Waals surface area contributed by atoms with Gasteiger partial charge in [-0.15, -0.1) is 0 Å². The Balaban J connectivity index is 1.77. The summed E-state index contributed by atoms with van der Waals surface area (Å²) >= 11 is 0. The van der Waals surface area contributed by atoms with Gasteiger partial charge in [-0.25, -0.2) is 0 Å². The number of ether oxygens (including phenoxy) is 1. The molecular formula is C17H28N2O. The van der Waals surface area contributed by atoms with Crippen LogP contribution in [-0.2, 0) is 17.9 Å². The second-order valence-electron chi connectivity index (χ2n) is 6.04. The first-order chi connectivity index (χ1) is 9.69. The van der Waals surface area contributed by atoms with Crippen molar-refractivity contribution in [2.45, 2.75) is 51.9 Å². The summed E-state index contributed by atoms with van der Waals surface area (Å²) < 4.78 is 5.19. The van der Waals surface area contributed by atoms with E-state index in [9.17, 15) is 0 Å². The summed E-state index contributed by atoms with van der Waals surface area (Å²) in [7, 11) is 1.74. The van der Waals surface area contributed by atoms with Gasteiger partial charge in [0.25, 0.3) is 0 Å². The van der Waals surface area contributed by atoms with Crippen LogP contribution < -0.4 is 5.32 Å². The Labute approximate surface area is 123 Å². The van der Waals surface area contributed by atoms with Crippen LogP contribution in [0.1, 0.15) is 37.8 Å². The monoisotopic (exact) mass is 276 g/mol. The van der Waals surface area contributed by atoms with Gasteiger partial charge < -0.3 is 15.0 Å². The van der Waals surface area contributed by atoms with E-state index < -0.39 is 0 Å². The van der Waals surface area contributed by atoms with Gasteiger partial charge in [0.15, 0.2) is 0 Å². The van der Waals surface area contributed by atoms with Crippen molar-refractivity contribution in [3.8, 4) is 0 Å². The van der Waals surface area contributed by atoms with Gasteiger partial charge in [-0.3, -0.25) is 0 Å². The number of nitrogens with zero attached hydrogens (tertiary/aromatic N) is 1. The highest BCUT2D eigenvalue weighted by atomic mass is 16.5. The predicted octanol–water partition coefficient (Wildman–Crippen LogP) is 2.80. The van der Waals surface area contributed by atoms with Gasteiger partial charge in [0.1, 0.15) is 0 Å². The fraction of sp³-hybridized carbons (Fsp3) is 0.647. The van der Waals surface area contributed by atoms with E-state index in [1.807, 2.05) is 0 Å². The topological polar surface area (TPSA) is 24.5 Å². The lowest BCUT2D eigenvalue weighted by molar-refractivity contribution is 0.161. The van der Waals surface area contributed by atoms with E-state index in [2.05, 4.69) is 48.3 Å². The van der Waals surface area contributed by atoms with E-state index in [1.165, 1.54) is 37.1 Å². The van der Waals surface area contributed by atoms with Crippen molar-refractivity contribution in [1.82, 2.24) is 10.2 Å². The van der Waals surface area contributed by atoms with Gasteiger partial charge in [-0.2, -0.15) is 0 Å². The molecule has 0 unspecified atom stereocenters. The first-order valence-electron chi connectivity index (χ1n) is 7.73. The van der Waals surface area contributed by atoms with Crippen LogP contribution in [0.25, 0.3) is 0 Å². The Hall–Kier alpha value is -0.900. The number of hydrogen-bond acceptors (Lipinski definition) is 3. The molecule has 0 bridgehead atoms. The molecular weight excluding hydrogens is 248 g/mol. The van der Waals surface area contributed by atoms with Gasteiger partial charge >= 0.3 is 0 Å². The van der Waals surface area contributed by atoms with Crippen molar-refractivity contribution < 1.29 is 4.74 Å². The molecule has 1 saturated heterocycles. The lowest BCUT2D eigenvalue weighted by Crippen LogP contribution is -2.44. The molecule has 1 aromatic carbocycles. The van der Waals surface area contributed by atoms with E-state index in [0.29, 0.717) is 18.7 Å². The molecule has 1 N–H and O–H groups in total. The number of methoxy groups -OCH3 is 1. The second kappa shape index (κ2) is 7.77. The van der Waals surface area contributed by atoms with Crippen molar-refractivity contribution in [2.75, 3.05) is 20.2 Å². The molecule has 112 valence electrons. The molecule has 1 aliphatic heterocycles. The lowest BCUT2D eigenvalue weighted by Gasteiger charge is -2.35. The van der Waals surface area contributed by atoms with Crippen LogP contribution in [0.4, 0.5) is 0 Å². The third-order valence-corrected chi connectivity index (χ3v) is 4.16. The number of hydrogen-bond donors (Lipinski definition) is 1. The highest BCUT2D eigenvalue weighted by molar-refractivity contribution is 5.22. The Kier molecular flexibility index (Phi) is 6.02. The van der Waals surface area contributed by atoms with Gasteiger partial charge in [-0.05, 0) is 50.9 Å². The summed E-state index contributed by atoms with van der Waals surface area (Å²) in [6, 6.07) is 10.0. The molecule has 3 heteroatoms. The number of piperidine rings is 1. The Morgan fingerprint density at radius 1 is 1.25 bits per heavy atom. The molecule has 0 atom stereocenters. The molecule has 1 heterocycles. The van der Waals surface area contributed by atoms with Crippen LogP contribution >= 0.6 is 0 Å². The number of rotatable bonds is 6. The van der Waals surface area contributed by atoms with Gasteiger partial charge in [0, 0.05) is 25.7 Å². The Morgan fingerprint density at radius 2 is 1.95 bits per heavy atom. The maximum absolute atomic E-state index is 5.19. The van der Waals surface area contributed by atoms with E-state index in [1.54, 1.807) is 7.11 Å². The minimum Gasteiger partial charge on any atom is -0.380 e. The molecule has 2 rings (SSSR count). The first-order valence-corrected chi connectivity index (χ1v) is 7.73. The molecule has 1 aromatic rings. The first kappa shape index (κ1) is 15.5. The van der Waals surface area contributed by atoms with Crippen LogP contribution in [-0.4, -0.2) is 37.2 Å². The largest absolute Gasteiger partial charge is 0.380 e. The van der Waals surface area contributed by atoms with Crippen LogP contribution in [0, 0.1) is 0 Å². The molecule has 0 saturated carbocycles. The SMILES string of the molecule is COCc1cccc(CNC2CCN(C(C)C)CC2)c1. The van der Waals surface area contributed by atoms with Crippen molar-refractivity contribution in [3.05, 3.63) is 35.4 Å². The van der Waals surface area contributed by atoms with Crippen LogP contribution in [0.3, 0.4) is 0 Å². The Morgan fingerprint density at radius 3 is 2.60 bits per heavy atom. The molecule has 0 aliphatic carbocycles. The zero-order chi connectivity index (χ0) is 14.4. The second-order valence-corrected chi connectivity index (χ2v) is 6.04. The minimum atomic E-state index is 0.663. The standard InChI is InChI=1S/C17H28N2O/c1-14(2)19-9-7-17(8-10-19)18-12-15-5-4-6-16(11-15)13-20-3/h4-6,11,14,17-18H,7-10,12-13H2,1-3H3. The van der Waals surface area contributed by atoms with Gasteiger partial charge in [-0.1, -0.05) is 24.3 Å². The summed E-state index contributed by atoms with van der Waals surface area (Å²) in [4.78, 5) is 2.57. The average Bonchev–Trinajstić information content (AvgIpc) is 2.46. The third kappa shape index (κ3) is 4.58. The summed E-state index contributed by atoms with van der Waals surface area (Å²) in [6.45, 7) is 8.67. The quantitative estimate of drug-likeness (QED) is 0.864. The van der Waals surface area contributed by atoms with E-state index in [0.717, 1.165) is 6.54 Å². The maximum Gasteiger partial charge on any atom is 0.0713 e. The van der Waals surface area contributed by atoms with E-state index in [4.69, 9.17) is 4.74 Å². The zero-order valence-electron chi connectivity index (χ0n) is 13.1. The summed E-state index contributed by atoms with van der Waals surface area (Å²) in [5.74, 6) is 0. The van der Waals surface area contributed by atoms with Crippen LogP contribution in [0.15, 0.2) is 24.3 Å². The molecule has 1 aliphatic rings. The van der Waals surface area contributed by atoms with Crippen molar-refractivity contribution in [2.24, 2.45) is 0 Å². The normalized spacial score (nSPS) is 17.8.